The SMILES string of the molecule is CNC(=O)c1ccc(CNC(=O)c2ccnc(F)c2)cc1. The molecule has 0 radical (unpaired) electrons. The molecular weight excluding hydrogens is 273 g/mol. The Balaban J connectivity index is 1.97. The Bertz CT molecular complexity index is 656. The average Bonchev–Trinajstić information content (AvgIpc) is 2.52. The molecule has 0 aliphatic heterocycles. The fraction of sp³-hybridized carbons (Fsp3) is 0.133. The largest absolute Gasteiger partial charge is 0.355 e. The van der Waals surface area contributed by atoms with Crippen LogP contribution in [0.4, 0.5) is 4.39 Å². The molecule has 21 heavy (non-hydrogen) atoms. The van der Waals surface area contributed by atoms with E-state index in [0.717, 1.165) is 11.6 Å². The predicted octanol–water partition coefficient (Wildman–Crippen LogP) is 1.51. The predicted molar refractivity (Wildman–Crippen MR) is 75.2 cm³/mol. The van der Waals surface area contributed by atoms with Crippen LogP contribution >= 0.6 is 0 Å². The Labute approximate surface area is 121 Å². The number of nitrogens with one attached hydrogen (secondary N) is 2. The summed E-state index contributed by atoms with van der Waals surface area (Å²) in [6.45, 7) is 0.288. The van der Waals surface area contributed by atoms with Gasteiger partial charge in [0.05, 0.1) is 0 Å². The molecule has 1 heterocycles. The zero-order valence-corrected chi connectivity index (χ0v) is 11.4. The lowest BCUT2D eigenvalue weighted by Gasteiger charge is -2.06. The molecule has 0 aliphatic carbocycles. The van der Waals surface area contributed by atoms with Crippen molar-refractivity contribution in [2.24, 2.45) is 0 Å². The molecule has 2 amide bonds. The van der Waals surface area contributed by atoms with Crippen LogP contribution in [-0.2, 0) is 6.54 Å². The Kier molecular flexibility index (Phi) is 4.61. The summed E-state index contributed by atoms with van der Waals surface area (Å²) in [4.78, 5) is 26.6. The molecule has 0 unspecified atom stereocenters. The summed E-state index contributed by atoms with van der Waals surface area (Å²) < 4.78 is 12.9. The van der Waals surface area contributed by atoms with E-state index < -0.39 is 5.95 Å². The summed E-state index contributed by atoms with van der Waals surface area (Å²) in [5.74, 6) is -1.25. The quantitative estimate of drug-likeness (QED) is 0.837. The van der Waals surface area contributed by atoms with Crippen LogP contribution in [0.1, 0.15) is 26.3 Å². The number of benzene rings is 1. The zero-order chi connectivity index (χ0) is 15.2. The van der Waals surface area contributed by atoms with Crippen molar-refractivity contribution in [3.05, 3.63) is 65.2 Å². The van der Waals surface area contributed by atoms with Gasteiger partial charge in [0.15, 0.2) is 0 Å². The molecule has 5 nitrogen and oxygen atoms in total. The van der Waals surface area contributed by atoms with Crippen molar-refractivity contribution in [3.8, 4) is 0 Å². The smallest absolute Gasteiger partial charge is 0.251 e. The van der Waals surface area contributed by atoms with Crippen LogP contribution in [0.2, 0.25) is 0 Å². The van der Waals surface area contributed by atoms with Gasteiger partial charge < -0.3 is 10.6 Å². The Morgan fingerprint density at radius 1 is 1.10 bits per heavy atom. The van der Waals surface area contributed by atoms with Gasteiger partial charge in [-0.25, -0.2) is 4.98 Å². The van der Waals surface area contributed by atoms with Crippen LogP contribution in [0.25, 0.3) is 0 Å². The van der Waals surface area contributed by atoms with Crippen LogP contribution in [0.15, 0.2) is 42.6 Å². The van der Waals surface area contributed by atoms with Gasteiger partial charge in [0.2, 0.25) is 5.95 Å². The van der Waals surface area contributed by atoms with E-state index in [9.17, 15) is 14.0 Å². The van der Waals surface area contributed by atoms with Crippen molar-refractivity contribution in [1.29, 1.82) is 0 Å². The molecule has 6 heteroatoms. The minimum atomic E-state index is -0.697. The van der Waals surface area contributed by atoms with Crippen molar-refractivity contribution in [1.82, 2.24) is 15.6 Å². The Morgan fingerprint density at radius 3 is 2.43 bits per heavy atom. The van der Waals surface area contributed by atoms with Crippen molar-refractivity contribution < 1.29 is 14.0 Å². The normalized spacial score (nSPS) is 10.0. The summed E-state index contributed by atoms with van der Waals surface area (Å²) in [7, 11) is 1.56. The highest BCUT2D eigenvalue weighted by atomic mass is 19.1. The molecule has 2 rings (SSSR count). The highest BCUT2D eigenvalue weighted by Crippen LogP contribution is 2.05. The highest BCUT2D eigenvalue weighted by molar-refractivity contribution is 5.94. The van der Waals surface area contributed by atoms with Gasteiger partial charge in [0.1, 0.15) is 0 Å². The number of nitrogens with zero attached hydrogens (tertiary/aromatic N) is 1. The third-order valence-corrected chi connectivity index (χ3v) is 2.89. The summed E-state index contributed by atoms with van der Waals surface area (Å²) in [6, 6.07) is 9.35. The molecule has 0 saturated carbocycles. The minimum Gasteiger partial charge on any atom is -0.355 e. The molecule has 2 N–H and O–H groups in total. The summed E-state index contributed by atoms with van der Waals surface area (Å²) in [6.07, 6.45) is 1.24. The Hall–Kier alpha value is -2.76. The third-order valence-electron chi connectivity index (χ3n) is 2.89. The molecule has 0 bridgehead atoms. The van der Waals surface area contributed by atoms with Gasteiger partial charge in [-0.15, -0.1) is 0 Å². The van der Waals surface area contributed by atoms with Gasteiger partial charge in [0, 0.05) is 37.0 Å². The van der Waals surface area contributed by atoms with Crippen molar-refractivity contribution in [2.45, 2.75) is 6.54 Å². The second-order valence-electron chi connectivity index (χ2n) is 4.33. The van der Waals surface area contributed by atoms with Gasteiger partial charge >= 0.3 is 0 Å². The number of pyridine rings is 1. The lowest BCUT2D eigenvalue weighted by atomic mass is 10.1. The topological polar surface area (TPSA) is 71.1 Å². The summed E-state index contributed by atoms with van der Waals surface area (Å²) in [5, 5.41) is 5.20. The first-order valence-corrected chi connectivity index (χ1v) is 6.31. The van der Waals surface area contributed by atoms with E-state index >= 15 is 0 Å². The second kappa shape index (κ2) is 6.60. The maximum atomic E-state index is 12.9. The number of amides is 2. The zero-order valence-electron chi connectivity index (χ0n) is 11.4. The van der Waals surface area contributed by atoms with E-state index in [2.05, 4.69) is 15.6 Å². The number of carbonyl (C=O) groups is 2. The Morgan fingerprint density at radius 2 is 1.81 bits per heavy atom. The lowest BCUT2D eigenvalue weighted by Crippen LogP contribution is -2.23. The minimum absolute atomic E-state index is 0.169. The monoisotopic (exact) mass is 287 g/mol. The van der Waals surface area contributed by atoms with Crippen LogP contribution in [0.3, 0.4) is 0 Å². The molecule has 2 aromatic rings. The highest BCUT2D eigenvalue weighted by Gasteiger charge is 2.07. The van der Waals surface area contributed by atoms with Crippen LogP contribution < -0.4 is 10.6 Å². The van der Waals surface area contributed by atoms with Gasteiger partial charge in [0.25, 0.3) is 11.8 Å². The number of halogens is 1. The van der Waals surface area contributed by atoms with Gasteiger partial charge in [-0.05, 0) is 23.8 Å². The first-order valence-electron chi connectivity index (χ1n) is 6.31. The van der Waals surface area contributed by atoms with E-state index in [4.69, 9.17) is 0 Å². The first-order chi connectivity index (χ1) is 10.1. The van der Waals surface area contributed by atoms with Crippen molar-refractivity contribution in [2.75, 3.05) is 7.05 Å². The molecule has 0 fully saturated rings. The molecule has 0 saturated heterocycles. The molecule has 0 spiro atoms. The van der Waals surface area contributed by atoms with E-state index in [0.29, 0.717) is 5.56 Å². The fourth-order valence-electron chi connectivity index (χ4n) is 1.75. The average molecular weight is 287 g/mol. The second-order valence-corrected chi connectivity index (χ2v) is 4.33. The van der Waals surface area contributed by atoms with Crippen molar-refractivity contribution in [3.63, 3.8) is 0 Å². The number of hydrogen-bond donors (Lipinski definition) is 2. The van der Waals surface area contributed by atoms with Gasteiger partial charge in [-0.3, -0.25) is 9.59 Å². The molecule has 1 aromatic heterocycles. The molecule has 108 valence electrons. The number of rotatable bonds is 4. The molecule has 0 aliphatic rings. The van der Waals surface area contributed by atoms with E-state index in [-0.39, 0.29) is 23.9 Å². The summed E-state index contributed by atoms with van der Waals surface area (Å²) >= 11 is 0. The van der Waals surface area contributed by atoms with Gasteiger partial charge in [-0.1, -0.05) is 12.1 Å². The van der Waals surface area contributed by atoms with Crippen molar-refractivity contribution >= 4 is 11.8 Å². The summed E-state index contributed by atoms with van der Waals surface area (Å²) in [5.41, 5.74) is 1.60. The number of carbonyl (C=O) groups excluding carboxylic acids is 2. The van der Waals surface area contributed by atoms with E-state index in [1.807, 2.05) is 0 Å². The lowest BCUT2D eigenvalue weighted by molar-refractivity contribution is 0.0945. The maximum absolute atomic E-state index is 12.9. The van der Waals surface area contributed by atoms with E-state index in [1.54, 1.807) is 31.3 Å². The number of hydrogen-bond acceptors (Lipinski definition) is 3. The van der Waals surface area contributed by atoms with E-state index in [1.165, 1.54) is 12.3 Å². The number of aromatic nitrogens is 1. The van der Waals surface area contributed by atoms with Crippen LogP contribution in [-0.4, -0.2) is 23.8 Å². The molecule has 1 aromatic carbocycles. The van der Waals surface area contributed by atoms with Crippen LogP contribution in [0, 0.1) is 5.95 Å². The van der Waals surface area contributed by atoms with Crippen LogP contribution in [0.5, 0.6) is 0 Å². The first kappa shape index (κ1) is 14.6. The fourth-order valence-corrected chi connectivity index (χ4v) is 1.75. The standard InChI is InChI=1S/C15H14FN3O2/c1-17-14(20)11-4-2-10(3-5-11)9-19-15(21)12-6-7-18-13(16)8-12/h2-8H,9H2,1H3,(H,17,20)(H,19,21). The maximum Gasteiger partial charge on any atom is 0.251 e. The van der Waals surface area contributed by atoms with Gasteiger partial charge in [-0.2, -0.15) is 4.39 Å². The molecular formula is C15H14FN3O2. The third kappa shape index (κ3) is 3.85. The molecule has 0 atom stereocenters.